The van der Waals surface area contributed by atoms with Crippen LogP contribution in [0.3, 0.4) is 0 Å². The van der Waals surface area contributed by atoms with Crippen LogP contribution < -0.4 is 9.64 Å². The fourth-order valence-corrected chi connectivity index (χ4v) is 6.22. The summed E-state index contributed by atoms with van der Waals surface area (Å²) in [6.45, 7) is 7.03. The van der Waals surface area contributed by atoms with E-state index in [2.05, 4.69) is 15.9 Å². The predicted molar refractivity (Wildman–Crippen MR) is 156 cm³/mol. The van der Waals surface area contributed by atoms with Gasteiger partial charge in [0, 0.05) is 55.3 Å². The van der Waals surface area contributed by atoms with Crippen molar-refractivity contribution in [1.82, 2.24) is 24.6 Å². The molecular weight excluding hydrogens is 569 g/mol. The van der Waals surface area contributed by atoms with Crippen LogP contribution in [0.2, 0.25) is 5.02 Å². The van der Waals surface area contributed by atoms with Crippen LogP contribution in [0, 0.1) is 31.6 Å². The number of aryl methyl sites for hydroxylation is 1. The number of anilines is 1. The second-order valence-electron chi connectivity index (χ2n) is 11.4. The highest BCUT2D eigenvalue weighted by Crippen LogP contribution is 2.45. The lowest BCUT2D eigenvalue weighted by Gasteiger charge is -2.61. The summed E-state index contributed by atoms with van der Waals surface area (Å²) in [6.07, 6.45) is 2.37. The van der Waals surface area contributed by atoms with Crippen molar-refractivity contribution < 1.29 is 23.0 Å². The number of benzene rings is 1. The molecule has 4 heterocycles. The maximum Gasteiger partial charge on any atom is 0.401 e. The van der Waals surface area contributed by atoms with Crippen LogP contribution in [0.4, 0.5) is 19.0 Å². The Labute approximate surface area is 248 Å². The lowest BCUT2D eigenvalue weighted by Crippen LogP contribution is -2.73. The number of hydrogen-bond donors (Lipinski definition) is 1. The summed E-state index contributed by atoms with van der Waals surface area (Å²) >= 11 is 6.66. The molecule has 2 aliphatic heterocycles. The number of hydrogen-bond acceptors (Lipinski definition) is 7. The Morgan fingerprint density at radius 3 is 2.50 bits per heavy atom. The molecule has 0 radical (unpaired) electrons. The molecule has 2 aliphatic rings. The van der Waals surface area contributed by atoms with E-state index in [1.165, 1.54) is 4.90 Å². The van der Waals surface area contributed by atoms with Crippen LogP contribution in [0.25, 0.3) is 22.8 Å². The number of likely N-dealkylation sites (tertiary alicyclic amines) is 1. The summed E-state index contributed by atoms with van der Waals surface area (Å²) in [5, 5.41) is 15.0. The average molecular weight is 603 g/mol. The van der Waals surface area contributed by atoms with Crippen LogP contribution in [0.1, 0.15) is 36.6 Å². The second kappa shape index (κ2) is 11.4. The number of ether oxygens (including phenoxy) is 1. The Bertz CT molecular complexity index is 1520. The van der Waals surface area contributed by atoms with E-state index >= 15 is 0 Å². The number of aliphatic hydroxyl groups is 1. The van der Waals surface area contributed by atoms with Gasteiger partial charge in [0.15, 0.2) is 5.82 Å². The van der Waals surface area contributed by atoms with Gasteiger partial charge in [-0.15, -0.1) is 6.42 Å². The van der Waals surface area contributed by atoms with Crippen molar-refractivity contribution in [1.29, 1.82) is 0 Å². The number of halogens is 4. The highest BCUT2D eigenvalue weighted by molar-refractivity contribution is 6.33. The predicted octanol–water partition coefficient (Wildman–Crippen LogP) is 5.02. The van der Waals surface area contributed by atoms with Crippen molar-refractivity contribution in [3.05, 3.63) is 40.0 Å². The minimum absolute atomic E-state index is 0.143. The molecule has 1 spiro atoms. The number of terminal acetylenes is 1. The number of aliphatic hydroxyl groups excluding tert-OH is 1. The number of aromatic nitrogens is 4. The van der Waals surface area contributed by atoms with Gasteiger partial charge < -0.3 is 14.7 Å². The van der Waals surface area contributed by atoms with Gasteiger partial charge in [0.2, 0.25) is 0 Å². The molecule has 5 rings (SSSR count). The third-order valence-corrected chi connectivity index (χ3v) is 8.21. The first-order valence-corrected chi connectivity index (χ1v) is 14.2. The highest BCUT2D eigenvalue weighted by Gasteiger charge is 2.54. The van der Waals surface area contributed by atoms with Gasteiger partial charge in [0.25, 0.3) is 0 Å². The lowest BCUT2D eigenvalue weighted by molar-refractivity contribution is -0.172. The molecule has 0 saturated carbocycles. The Morgan fingerprint density at radius 2 is 1.88 bits per heavy atom. The SMILES string of the molecule is C#Cc1nn(C)c(-c2nc(-c3cc(OC[C@H](O)CCC)ccc3Cl)nc(N3CC4(CN(CC(F)(F)F)C4)C3)c2C)c1C. The van der Waals surface area contributed by atoms with Crippen molar-refractivity contribution in [3.8, 4) is 40.9 Å². The van der Waals surface area contributed by atoms with E-state index in [0.717, 1.165) is 23.2 Å². The largest absolute Gasteiger partial charge is 0.491 e. The first-order valence-electron chi connectivity index (χ1n) is 13.9. The molecule has 0 bridgehead atoms. The zero-order valence-electron chi connectivity index (χ0n) is 24.1. The van der Waals surface area contributed by atoms with Gasteiger partial charge in [0.1, 0.15) is 23.9 Å². The van der Waals surface area contributed by atoms with Crippen LogP contribution in [-0.4, -0.2) is 81.4 Å². The van der Waals surface area contributed by atoms with E-state index in [9.17, 15) is 18.3 Å². The highest BCUT2D eigenvalue weighted by atomic mass is 35.5. The molecule has 2 aromatic heterocycles. The summed E-state index contributed by atoms with van der Waals surface area (Å²) in [4.78, 5) is 13.4. The van der Waals surface area contributed by atoms with Crippen molar-refractivity contribution in [2.24, 2.45) is 12.5 Å². The van der Waals surface area contributed by atoms with Gasteiger partial charge in [-0.1, -0.05) is 24.9 Å². The summed E-state index contributed by atoms with van der Waals surface area (Å²) in [6, 6.07) is 5.18. The zero-order valence-corrected chi connectivity index (χ0v) is 24.9. The van der Waals surface area contributed by atoms with Crippen LogP contribution in [-0.2, 0) is 7.05 Å². The third kappa shape index (κ3) is 5.93. The monoisotopic (exact) mass is 602 g/mol. The number of alkyl halides is 3. The van der Waals surface area contributed by atoms with Crippen molar-refractivity contribution in [2.45, 2.75) is 45.9 Å². The molecule has 12 heteroatoms. The molecule has 2 saturated heterocycles. The van der Waals surface area contributed by atoms with Crippen LogP contribution in [0.5, 0.6) is 5.75 Å². The first kappa shape index (κ1) is 30.1. The molecular formula is C30H34ClF3N6O2. The van der Waals surface area contributed by atoms with Gasteiger partial charge in [-0.25, -0.2) is 9.97 Å². The topological polar surface area (TPSA) is 79.5 Å². The minimum atomic E-state index is -4.21. The van der Waals surface area contributed by atoms with E-state index in [1.54, 1.807) is 29.9 Å². The van der Waals surface area contributed by atoms with Gasteiger partial charge in [-0.2, -0.15) is 18.3 Å². The van der Waals surface area contributed by atoms with Gasteiger partial charge in [-0.3, -0.25) is 9.58 Å². The molecule has 224 valence electrons. The number of rotatable bonds is 9. The third-order valence-electron chi connectivity index (χ3n) is 7.88. The molecule has 42 heavy (non-hydrogen) atoms. The molecule has 3 aromatic rings. The Morgan fingerprint density at radius 1 is 1.17 bits per heavy atom. The van der Waals surface area contributed by atoms with E-state index in [0.29, 0.717) is 72.0 Å². The molecule has 8 nitrogen and oxygen atoms in total. The average Bonchev–Trinajstić information content (AvgIpc) is 3.17. The van der Waals surface area contributed by atoms with Gasteiger partial charge in [-0.05, 0) is 44.4 Å². The van der Waals surface area contributed by atoms with E-state index < -0.39 is 18.8 Å². The maximum absolute atomic E-state index is 12.9. The van der Waals surface area contributed by atoms with Crippen molar-refractivity contribution in [2.75, 3.05) is 44.2 Å². The minimum Gasteiger partial charge on any atom is -0.491 e. The fraction of sp³-hybridized carbons (Fsp3) is 0.500. The molecule has 0 aliphatic carbocycles. The molecule has 1 aromatic carbocycles. The molecule has 0 amide bonds. The van der Waals surface area contributed by atoms with Crippen molar-refractivity contribution >= 4 is 17.4 Å². The Hall–Kier alpha value is -3.33. The smallest absolute Gasteiger partial charge is 0.401 e. The van der Waals surface area contributed by atoms with Crippen LogP contribution in [0.15, 0.2) is 18.2 Å². The summed E-state index contributed by atoms with van der Waals surface area (Å²) in [5.41, 5.74) is 3.86. The summed E-state index contributed by atoms with van der Waals surface area (Å²) in [5.74, 6) is 4.18. The molecule has 1 atom stereocenters. The van der Waals surface area contributed by atoms with Gasteiger partial charge in [0.05, 0.1) is 29.1 Å². The normalized spacial score (nSPS) is 17.1. The Kier molecular flexibility index (Phi) is 8.18. The van der Waals surface area contributed by atoms with Crippen molar-refractivity contribution in [3.63, 3.8) is 0 Å². The Balaban J connectivity index is 1.51. The number of nitrogens with zero attached hydrogens (tertiary/aromatic N) is 6. The lowest BCUT2D eigenvalue weighted by atomic mass is 9.72. The molecule has 2 fully saturated rings. The molecule has 1 N–H and O–H groups in total. The maximum atomic E-state index is 12.9. The van der Waals surface area contributed by atoms with E-state index in [1.807, 2.05) is 20.8 Å². The second-order valence-corrected chi connectivity index (χ2v) is 11.9. The van der Waals surface area contributed by atoms with Crippen LogP contribution >= 0.6 is 11.6 Å². The summed E-state index contributed by atoms with van der Waals surface area (Å²) < 4.78 is 46.1. The summed E-state index contributed by atoms with van der Waals surface area (Å²) in [7, 11) is 1.80. The van der Waals surface area contributed by atoms with E-state index in [-0.39, 0.29) is 12.0 Å². The zero-order chi connectivity index (χ0) is 30.4. The van der Waals surface area contributed by atoms with Gasteiger partial charge >= 0.3 is 6.18 Å². The quantitative estimate of drug-likeness (QED) is 0.345. The van der Waals surface area contributed by atoms with E-state index in [4.69, 9.17) is 32.7 Å². The standard InChI is InChI=1S/C30H34ClF3N6O2/c1-6-8-20(41)12-42-21-9-10-23(31)22(11-21)27-35-25(26-18(3)24(7-2)37-38(26)5)19(4)28(36-27)40-15-29(16-40)13-39(14-29)17-30(32,33)34/h2,9-11,20,41H,6,8,12-17H2,1,3-5H3/t20-/m1/s1. The fourth-order valence-electron chi connectivity index (χ4n) is 6.02. The molecule has 0 unspecified atom stereocenters. The first-order chi connectivity index (χ1) is 19.8.